The molecule has 0 radical (unpaired) electrons. The van der Waals surface area contributed by atoms with E-state index in [9.17, 15) is 14.0 Å². The van der Waals surface area contributed by atoms with Crippen LogP contribution in [0, 0.1) is 5.82 Å². The number of allylic oxidation sites excluding steroid dienone is 2. The molecule has 0 bridgehead atoms. The Bertz CT molecular complexity index is 1110. The second-order valence-electron chi connectivity index (χ2n) is 8.12. The number of likely N-dealkylation sites (N-methyl/N-ethyl adjacent to an activating group) is 1. The second kappa shape index (κ2) is 11.3. The molecule has 2 aromatic rings. The number of carbonyl (C=O) groups is 2. The van der Waals surface area contributed by atoms with Gasteiger partial charge in [0.15, 0.2) is 0 Å². The van der Waals surface area contributed by atoms with Crippen molar-refractivity contribution in [1.29, 1.82) is 0 Å². The minimum absolute atomic E-state index is 0.0258. The van der Waals surface area contributed by atoms with E-state index < -0.39 is 23.7 Å². The van der Waals surface area contributed by atoms with Gasteiger partial charge in [0.2, 0.25) is 0 Å². The summed E-state index contributed by atoms with van der Waals surface area (Å²) in [5.41, 5.74) is 2.30. The fraction of sp³-hybridized carbons (Fsp3) is 0.308. The van der Waals surface area contributed by atoms with E-state index in [-0.39, 0.29) is 28.3 Å². The van der Waals surface area contributed by atoms with E-state index in [1.54, 1.807) is 13.8 Å². The van der Waals surface area contributed by atoms with Crippen LogP contribution in [0.5, 0.6) is 0 Å². The highest BCUT2D eigenvalue weighted by Crippen LogP contribution is 2.42. The number of ether oxygens (including phenoxy) is 2. The molecule has 3 rings (SSSR count). The van der Waals surface area contributed by atoms with Crippen LogP contribution in [0.4, 0.5) is 4.39 Å². The van der Waals surface area contributed by atoms with Gasteiger partial charge in [-0.3, -0.25) is 4.90 Å². The van der Waals surface area contributed by atoms with Gasteiger partial charge in [-0.2, -0.15) is 0 Å². The Kier molecular flexibility index (Phi) is 8.47. The molecule has 1 aliphatic rings. The molecular weight excluding hydrogens is 459 g/mol. The second-order valence-corrected chi connectivity index (χ2v) is 8.53. The van der Waals surface area contributed by atoms with Gasteiger partial charge >= 0.3 is 11.9 Å². The van der Waals surface area contributed by atoms with Crippen molar-refractivity contribution in [3.63, 3.8) is 0 Å². The van der Waals surface area contributed by atoms with Gasteiger partial charge in [0.05, 0.1) is 24.2 Å². The highest BCUT2D eigenvalue weighted by molar-refractivity contribution is 6.31. The van der Waals surface area contributed by atoms with Crippen molar-refractivity contribution in [2.24, 2.45) is 0 Å². The van der Waals surface area contributed by atoms with Gasteiger partial charge < -0.3 is 14.8 Å². The predicted molar refractivity (Wildman–Crippen MR) is 128 cm³/mol. The van der Waals surface area contributed by atoms with E-state index in [2.05, 4.69) is 5.32 Å². The first-order valence-corrected chi connectivity index (χ1v) is 11.2. The largest absolute Gasteiger partial charge is 0.466 e. The number of dihydropyridines is 1. The maximum absolute atomic E-state index is 15.0. The third-order valence-corrected chi connectivity index (χ3v) is 6.01. The monoisotopic (exact) mass is 486 g/mol. The van der Waals surface area contributed by atoms with Gasteiger partial charge in [0, 0.05) is 35.1 Å². The Hall–Kier alpha value is -3.16. The SMILES string of the molecule is COC(=O)C1=C(C)NC(C)=C(C(=O)OCCN(C)Cc2ccccc2)C1c1c(F)cccc1Cl. The lowest BCUT2D eigenvalue weighted by Gasteiger charge is -2.31. The van der Waals surface area contributed by atoms with Crippen LogP contribution in [-0.2, 0) is 25.6 Å². The van der Waals surface area contributed by atoms with E-state index >= 15 is 0 Å². The molecule has 2 aromatic carbocycles. The number of hydrogen-bond donors (Lipinski definition) is 1. The van der Waals surface area contributed by atoms with Crippen molar-refractivity contribution in [3.05, 3.63) is 93.0 Å². The fourth-order valence-corrected chi connectivity index (χ4v) is 4.34. The Morgan fingerprint density at radius 1 is 1.03 bits per heavy atom. The van der Waals surface area contributed by atoms with Crippen LogP contribution in [0.15, 0.2) is 71.1 Å². The zero-order valence-corrected chi connectivity index (χ0v) is 20.4. The predicted octanol–water partition coefficient (Wildman–Crippen LogP) is 4.56. The van der Waals surface area contributed by atoms with Gasteiger partial charge in [-0.1, -0.05) is 48.0 Å². The third-order valence-electron chi connectivity index (χ3n) is 5.68. The molecule has 34 heavy (non-hydrogen) atoms. The summed E-state index contributed by atoms with van der Waals surface area (Å²) in [5, 5.41) is 3.13. The molecule has 6 nitrogen and oxygen atoms in total. The molecule has 1 heterocycles. The average molecular weight is 487 g/mol. The van der Waals surface area contributed by atoms with Crippen molar-refractivity contribution in [3.8, 4) is 0 Å². The van der Waals surface area contributed by atoms with Crippen LogP contribution in [-0.4, -0.2) is 44.1 Å². The molecule has 0 saturated heterocycles. The van der Waals surface area contributed by atoms with Crippen molar-refractivity contribution in [2.45, 2.75) is 26.3 Å². The van der Waals surface area contributed by atoms with Gasteiger partial charge in [-0.05, 0) is 38.6 Å². The fourth-order valence-electron chi connectivity index (χ4n) is 4.07. The normalized spacial score (nSPS) is 15.9. The Morgan fingerprint density at radius 2 is 1.68 bits per heavy atom. The molecule has 0 aliphatic carbocycles. The van der Waals surface area contributed by atoms with Gasteiger partial charge in [0.1, 0.15) is 12.4 Å². The first kappa shape index (κ1) is 25.5. The van der Waals surface area contributed by atoms with Gasteiger partial charge in [0.25, 0.3) is 0 Å². The number of carbonyl (C=O) groups excluding carboxylic acids is 2. The molecule has 0 amide bonds. The first-order valence-electron chi connectivity index (χ1n) is 10.8. The molecule has 8 heteroatoms. The lowest BCUT2D eigenvalue weighted by atomic mass is 9.80. The van der Waals surface area contributed by atoms with E-state index in [1.807, 2.05) is 42.3 Å². The molecule has 1 atom stereocenters. The highest BCUT2D eigenvalue weighted by Gasteiger charge is 2.40. The summed E-state index contributed by atoms with van der Waals surface area (Å²) in [6.07, 6.45) is 0. The summed E-state index contributed by atoms with van der Waals surface area (Å²) >= 11 is 6.35. The van der Waals surface area contributed by atoms with Crippen LogP contribution < -0.4 is 5.32 Å². The maximum Gasteiger partial charge on any atom is 0.336 e. The molecule has 0 aromatic heterocycles. The van der Waals surface area contributed by atoms with Crippen molar-refractivity contribution in [1.82, 2.24) is 10.2 Å². The van der Waals surface area contributed by atoms with Gasteiger partial charge in [-0.25, -0.2) is 14.0 Å². The molecule has 0 fully saturated rings. The molecular formula is C26H28ClFN2O4. The van der Waals surface area contributed by atoms with Crippen LogP contribution in [0.2, 0.25) is 5.02 Å². The molecule has 180 valence electrons. The summed E-state index contributed by atoms with van der Waals surface area (Å²) in [7, 11) is 3.16. The molecule has 1 unspecified atom stereocenters. The Balaban J connectivity index is 1.84. The quantitative estimate of drug-likeness (QED) is 0.552. The number of benzene rings is 2. The lowest BCUT2D eigenvalue weighted by molar-refractivity contribution is -0.139. The van der Waals surface area contributed by atoms with E-state index in [4.69, 9.17) is 21.1 Å². The zero-order valence-electron chi connectivity index (χ0n) is 19.7. The highest BCUT2D eigenvalue weighted by atomic mass is 35.5. The van der Waals surface area contributed by atoms with Crippen molar-refractivity contribution >= 4 is 23.5 Å². The summed E-state index contributed by atoms with van der Waals surface area (Å²) in [6, 6.07) is 14.2. The van der Waals surface area contributed by atoms with Crippen LogP contribution in [0.3, 0.4) is 0 Å². The number of nitrogens with one attached hydrogen (secondary N) is 1. The lowest BCUT2D eigenvalue weighted by Crippen LogP contribution is -2.33. The standard InChI is InChI=1S/C26H28ClFN2O4/c1-16-21(25(31)33-4)24(23-19(27)11-8-12-20(23)28)22(17(2)29-16)26(32)34-14-13-30(3)15-18-9-6-5-7-10-18/h5-12,24,29H,13-15H2,1-4H3. The van der Waals surface area contributed by atoms with E-state index in [1.165, 1.54) is 25.3 Å². The minimum Gasteiger partial charge on any atom is -0.466 e. The molecule has 0 saturated carbocycles. The van der Waals surface area contributed by atoms with Gasteiger partial charge in [-0.15, -0.1) is 0 Å². The number of esters is 2. The maximum atomic E-state index is 15.0. The topological polar surface area (TPSA) is 67.9 Å². The summed E-state index contributed by atoms with van der Waals surface area (Å²) < 4.78 is 25.5. The van der Waals surface area contributed by atoms with Crippen molar-refractivity contribution < 1.29 is 23.5 Å². The summed E-state index contributed by atoms with van der Waals surface area (Å²) in [4.78, 5) is 27.9. The summed E-state index contributed by atoms with van der Waals surface area (Å²) in [5.74, 6) is -3.04. The van der Waals surface area contributed by atoms with Crippen LogP contribution in [0.1, 0.15) is 30.9 Å². The average Bonchev–Trinajstić information content (AvgIpc) is 2.79. The van der Waals surface area contributed by atoms with Crippen molar-refractivity contribution in [2.75, 3.05) is 27.3 Å². The number of methoxy groups -OCH3 is 1. The van der Waals surface area contributed by atoms with E-state index in [0.29, 0.717) is 24.5 Å². The van der Waals surface area contributed by atoms with Crippen LogP contribution >= 0.6 is 11.6 Å². The molecule has 0 spiro atoms. The summed E-state index contributed by atoms with van der Waals surface area (Å²) in [6.45, 7) is 4.65. The third kappa shape index (κ3) is 5.66. The Morgan fingerprint density at radius 3 is 2.29 bits per heavy atom. The zero-order chi connectivity index (χ0) is 24.8. The first-order chi connectivity index (χ1) is 16.2. The van der Waals surface area contributed by atoms with Crippen LogP contribution in [0.25, 0.3) is 0 Å². The number of rotatable bonds is 8. The number of hydrogen-bond acceptors (Lipinski definition) is 6. The number of halogens is 2. The smallest absolute Gasteiger partial charge is 0.336 e. The molecule has 1 aliphatic heterocycles. The molecule has 1 N–H and O–H groups in total. The Labute approximate surface area is 204 Å². The minimum atomic E-state index is -1.07. The van der Waals surface area contributed by atoms with E-state index in [0.717, 1.165) is 5.56 Å². The number of nitrogens with zero attached hydrogens (tertiary/aromatic N) is 1.